The number of anilines is 1. The minimum Gasteiger partial charge on any atom is -0.383 e. The molecule has 1 amide bonds. The van der Waals surface area contributed by atoms with Crippen LogP contribution in [0.25, 0.3) is 22.3 Å². The third kappa shape index (κ3) is 3.95. The summed E-state index contributed by atoms with van der Waals surface area (Å²) in [5.74, 6) is -0.203. The number of benzene rings is 1. The van der Waals surface area contributed by atoms with E-state index < -0.39 is 16.1 Å². The number of aromatic nitrogens is 2. The lowest BCUT2D eigenvalue weighted by atomic mass is 10.1. The second kappa shape index (κ2) is 9.01. The zero-order valence-corrected chi connectivity index (χ0v) is 20.2. The van der Waals surface area contributed by atoms with Gasteiger partial charge in [0.05, 0.1) is 28.2 Å². The fourth-order valence-electron chi connectivity index (χ4n) is 4.45. The van der Waals surface area contributed by atoms with Gasteiger partial charge in [-0.3, -0.25) is 9.78 Å². The van der Waals surface area contributed by atoms with Crippen molar-refractivity contribution in [3.8, 4) is 11.3 Å². The van der Waals surface area contributed by atoms with Crippen LogP contribution in [0.5, 0.6) is 0 Å². The van der Waals surface area contributed by atoms with Crippen LogP contribution in [0.4, 0.5) is 5.69 Å². The second-order valence-electron chi connectivity index (χ2n) is 8.81. The molecule has 2 aromatic heterocycles. The summed E-state index contributed by atoms with van der Waals surface area (Å²) in [7, 11) is -0.588. The molecule has 5 rings (SSSR count). The Morgan fingerprint density at radius 3 is 2.71 bits per heavy atom. The lowest BCUT2D eigenvalue weighted by Gasteiger charge is -2.40. The number of hydrogen-bond acceptors (Lipinski definition) is 6. The SMILES string of the molecule is COCCN(C)C(=O)[C@@H]1CCN1S(=O)(=O)c1ccc(N2CCC2)c(-c2cc3ncccc3[nH]2)c1. The fourth-order valence-corrected chi connectivity index (χ4v) is 6.11. The van der Waals surface area contributed by atoms with Gasteiger partial charge in [-0.25, -0.2) is 8.42 Å². The molecule has 3 aromatic rings. The van der Waals surface area contributed by atoms with Crippen molar-refractivity contribution in [3.05, 3.63) is 42.6 Å². The number of hydrogen-bond donors (Lipinski definition) is 1. The highest BCUT2D eigenvalue weighted by atomic mass is 32.2. The molecule has 2 aliphatic heterocycles. The van der Waals surface area contributed by atoms with Gasteiger partial charge >= 0.3 is 0 Å². The largest absolute Gasteiger partial charge is 0.383 e. The minimum atomic E-state index is -3.84. The van der Waals surface area contributed by atoms with Crippen molar-refractivity contribution in [2.45, 2.75) is 23.8 Å². The summed E-state index contributed by atoms with van der Waals surface area (Å²) >= 11 is 0. The molecule has 1 N–H and O–H groups in total. The number of pyridine rings is 1. The van der Waals surface area contributed by atoms with E-state index in [1.54, 1.807) is 32.5 Å². The molecule has 0 radical (unpaired) electrons. The quantitative estimate of drug-likeness (QED) is 0.528. The molecule has 4 heterocycles. The summed E-state index contributed by atoms with van der Waals surface area (Å²) in [5.41, 5.74) is 4.36. The Morgan fingerprint density at radius 2 is 2.06 bits per heavy atom. The third-order valence-electron chi connectivity index (χ3n) is 6.71. The van der Waals surface area contributed by atoms with E-state index in [9.17, 15) is 13.2 Å². The molecular weight excluding hydrogens is 454 g/mol. The Balaban J connectivity index is 1.49. The van der Waals surface area contributed by atoms with Crippen LogP contribution in [0.2, 0.25) is 0 Å². The maximum Gasteiger partial charge on any atom is 0.243 e. The molecule has 1 aromatic carbocycles. The van der Waals surface area contributed by atoms with Crippen LogP contribution in [-0.2, 0) is 19.6 Å². The molecule has 2 saturated heterocycles. The van der Waals surface area contributed by atoms with Gasteiger partial charge in [-0.2, -0.15) is 4.31 Å². The minimum absolute atomic E-state index is 0.190. The van der Waals surface area contributed by atoms with Gasteiger partial charge in [0.15, 0.2) is 0 Å². The summed E-state index contributed by atoms with van der Waals surface area (Å²) in [4.78, 5) is 24.6. The Hall–Kier alpha value is -2.95. The van der Waals surface area contributed by atoms with Crippen LogP contribution < -0.4 is 4.90 Å². The number of sulfonamides is 1. The van der Waals surface area contributed by atoms with E-state index in [1.165, 1.54) is 9.21 Å². The monoisotopic (exact) mass is 483 g/mol. The number of methoxy groups -OCH3 is 1. The molecule has 34 heavy (non-hydrogen) atoms. The van der Waals surface area contributed by atoms with Crippen LogP contribution in [0, 0.1) is 0 Å². The van der Waals surface area contributed by atoms with Crippen molar-refractivity contribution in [2.75, 3.05) is 51.8 Å². The highest BCUT2D eigenvalue weighted by molar-refractivity contribution is 7.89. The van der Waals surface area contributed by atoms with Crippen molar-refractivity contribution >= 4 is 32.7 Å². The highest BCUT2D eigenvalue weighted by Crippen LogP contribution is 2.38. The number of rotatable bonds is 8. The highest BCUT2D eigenvalue weighted by Gasteiger charge is 2.44. The number of nitrogens with one attached hydrogen (secondary N) is 1. The number of H-pyrrole nitrogens is 1. The molecule has 9 nitrogen and oxygen atoms in total. The van der Waals surface area contributed by atoms with Gasteiger partial charge in [-0.05, 0) is 49.2 Å². The molecule has 1 atom stereocenters. The van der Waals surface area contributed by atoms with Crippen LogP contribution >= 0.6 is 0 Å². The van der Waals surface area contributed by atoms with E-state index in [0.717, 1.165) is 47.5 Å². The van der Waals surface area contributed by atoms with Crippen LogP contribution in [0.1, 0.15) is 12.8 Å². The molecule has 180 valence electrons. The van der Waals surface area contributed by atoms with Gasteiger partial charge in [-0.1, -0.05) is 0 Å². The molecular formula is C24H29N5O4S. The molecule has 10 heteroatoms. The molecule has 2 fully saturated rings. The Morgan fingerprint density at radius 1 is 1.24 bits per heavy atom. The third-order valence-corrected chi connectivity index (χ3v) is 8.62. The topological polar surface area (TPSA) is 98.8 Å². The smallest absolute Gasteiger partial charge is 0.243 e. The first-order valence-corrected chi connectivity index (χ1v) is 12.9. The first-order chi connectivity index (χ1) is 16.4. The predicted octanol–water partition coefficient (Wildman–Crippen LogP) is 2.31. The van der Waals surface area contributed by atoms with E-state index in [2.05, 4.69) is 14.9 Å². The van der Waals surface area contributed by atoms with Crippen molar-refractivity contribution < 1.29 is 17.9 Å². The fraction of sp³-hybridized carbons (Fsp3) is 0.417. The molecule has 0 unspecified atom stereocenters. The van der Waals surface area contributed by atoms with Crippen LogP contribution in [0.3, 0.4) is 0 Å². The zero-order valence-electron chi connectivity index (χ0n) is 19.4. The van der Waals surface area contributed by atoms with Gasteiger partial charge in [-0.15, -0.1) is 0 Å². The summed E-state index contributed by atoms with van der Waals surface area (Å²) in [6.45, 7) is 3.03. The van der Waals surface area contributed by atoms with Crippen LogP contribution in [0.15, 0.2) is 47.5 Å². The summed E-state index contributed by atoms with van der Waals surface area (Å²) < 4.78 is 33.5. The lowest BCUT2D eigenvalue weighted by molar-refractivity contribution is -0.137. The average Bonchev–Trinajstić information content (AvgIpc) is 3.19. The Labute approximate surface area is 199 Å². The van der Waals surface area contributed by atoms with Gasteiger partial charge in [0.1, 0.15) is 6.04 Å². The molecule has 0 bridgehead atoms. The molecule has 0 aliphatic carbocycles. The van der Waals surface area contributed by atoms with E-state index >= 15 is 0 Å². The summed E-state index contributed by atoms with van der Waals surface area (Å²) in [6, 6.07) is 10.3. The lowest BCUT2D eigenvalue weighted by Crippen LogP contribution is -2.58. The zero-order chi connectivity index (χ0) is 23.9. The molecule has 0 spiro atoms. The summed E-state index contributed by atoms with van der Waals surface area (Å²) in [6.07, 6.45) is 3.37. The van der Waals surface area contributed by atoms with E-state index in [4.69, 9.17) is 4.74 Å². The predicted molar refractivity (Wildman–Crippen MR) is 130 cm³/mol. The summed E-state index contributed by atoms with van der Waals surface area (Å²) in [5, 5.41) is 0. The first kappa shape index (κ1) is 22.8. The average molecular weight is 484 g/mol. The Bertz CT molecular complexity index is 1280. The number of likely N-dealkylation sites (N-methyl/N-ethyl adjacent to an activating group) is 1. The number of carbonyl (C=O) groups is 1. The van der Waals surface area contributed by atoms with Crippen molar-refractivity contribution in [3.63, 3.8) is 0 Å². The maximum atomic E-state index is 13.6. The van der Waals surface area contributed by atoms with Gasteiger partial charge < -0.3 is 19.5 Å². The van der Waals surface area contributed by atoms with Crippen LogP contribution in [-0.4, -0.2) is 86.5 Å². The second-order valence-corrected chi connectivity index (χ2v) is 10.7. The number of fused-ring (bicyclic) bond motifs is 1. The number of carbonyl (C=O) groups excluding carboxylic acids is 1. The van der Waals surface area contributed by atoms with E-state index in [0.29, 0.717) is 26.1 Å². The van der Waals surface area contributed by atoms with Gasteiger partial charge in [0, 0.05) is 57.8 Å². The van der Waals surface area contributed by atoms with Gasteiger partial charge in [0.25, 0.3) is 0 Å². The van der Waals surface area contributed by atoms with Crippen molar-refractivity contribution in [2.24, 2.45) is 0 Å². The standard InChI is InChI=1S/C24H29N5O4S/c1-27(13-14-33-2)24(30)23-8-12-29(23)34(31,32)17-6-7-22(28-10-4-11-28)18(15-17)20-16-21-19(26-20)5-3-9-25-21/h3,5-7,9,15-16,23,26H,4,8,10-14H2,1-2H3/t23-/m0/s1. The Kier molecular flexibility index (Phi) is 6.05. The number of ether oxygens (including phenoxy) is 1. The molecule has 0 saturated carbocycles. The van der Waals surface area contributed by atoms with Crippen molar-refractivity contribution in [1.82, 2.24) is 19.2 Å². The number of amides is 1. The number of aromatic amines is 1. The normalized spacial score (nSPS) is 18.5. The first-order valence-electron chi connectivity index (χ1n) is 11.5. The molecule has 2 aliphatic rings. The number of nitrogens with zero attached hydrogens (tertiary/aromatic N) is 4. The maximum absolute atomic E-state index is 13.6. The van der Waals surface area contributed by atoms with Gasteiger partial charge in [0.2, 0.25) is 15.9 Å². The van der Waals surface area contributed by atoms with E-state index in [-0.39, 0.29) is 10.8 Å². The van der Waals surface area contributed by atoms with E-state index in [1.807, 2.05) is 24.3 Å². The van der Waals surface area contributed by atoms with Crippen molar-refractivity contribution in [1.29, 1.82) is 0 Å².